The van der Waals surface area contributed by atoms with Gasteiger partial charge in [-0.3, -0.25) is 0 Å². The van der Waals surface area contributed by atoms with Gasteiger partial charge in [-0.2, -0.15) is 0 Å². The van der Waals surface area contributed by atoms with Crippen molar-refractivity contribution in [2.45, 2.75) is 20.1 Å². The van der Waals surface area contributed by atoms with Gasteiger partial charge in [-0.1, -0.05) is 5.21 Å². The van der Waals surface area contributed by atoms with Gasteiger partial charge >= 0.3 is 0 Å². The third-order valence-electron chi connectivity index (χ3n) is 2.68. The Bertz CT molecular complexity index is 522. The smallest absolute Gasteiger partial charge is 0.132 e. The van der Waals surface area contributed by atoms with E-state index in [4.69, 9.17) is 14.6 Å². The van der Waals surface area contributed by atoms with Crippen LogP contribution in [0.4, 0.5) is 0 Å². The van der Waals surface area contributed by atoms with Crippen molar-refractivity contribution in [3.05, 3.63) is 35.7 Å². The average Bonchev–Trinajstić information content (AvgIpc) is 2.79. The Kier molecular flexibility index (Phi) is 4.35. The van der Waals surface area contributed by atoms with E-state index in [9.17, 15) is 0 Å². The lowest BCUT2D eigenvalue weighted by Gasteiger charge is -2.08. The fourth-order valence-corrected chi connectivity index (χ4v) is 1.67. The number of ether oxygens (including phenoxy) is 2. The van der Waals surface area contributed by atoms with Gasteiger partial charge in [-0.25, -0.2) is 4.68 Å². The Labute approximate surface area is 111 Å². The zero-order valence-corrected chi connectivity index (χ0v) is 11.0. The fraction of sp³-hybridized carbons (Fsp3) is 0.385. The molecule has 102 valence electrons. The molecule has 0 aliphatic rings. The van der Waals surface area contributed by atoms with Gasteiger partial charge in [-0.15, -0.1) is 5.10 Å². The van der Waals surface area contributed by atoms with Gasteiger partial charge in [0.1, 0.15) is 29.5 Å². The largest absolute Gasteiger partial charge is 0.494 e. The molecule has 0 aliphatic heterocycles. The Hall–Kier alpha value is -2.08. The molecule has 0 radical (unpaired) electrons. The molecule has 0 unspecified atom stereocenters. The highest BCUT2D eigenvalue weighted by atomic mass is 16.5. The van der Waals surface area contributed by atoms with Crippen LogP contribution in [0.25, 0.3) is 0 Å². The van der Waals surface area contributed by atoms with Crippen molar-refractivity contribution in [2.24, 2.45) is 7.05 Å². The van der Waals surface area contributed by atoms with Gasteiger partial charge in [0, 0.05) is 7.05 Å². The summed E-state index contributed by atoms with van der Waals surface area (Å²) in [6.45, 7) is 2.75. The molecule has 2 rings (SSSR count). The first-order valence-corrected chi connectivity index (χ1v) is 6.08. The minimum Gasteiger partial charge on any atom is -0.494 e. The SMILES string of the molecule is CCOc1ccc(OCc2c(CO)nnn2C)cc1. The third kappa shape index (κ3) is 3.23. The highest BCUT2D eigenvalue weighted by Crippen LogP contribution is 2.19. The summed E-state index contributed by atoms with van der Waals surface area (Å²) in [5, 5.41) is 16.8. The van der Waals surface area contributed by atoms with Crippen molar-refractivity contribution in [1.82, 2.24) is 15.0 Å². The maximum absolute atomic E-state index is 9.14. The molecule has 1 N–H and O–H groups in total. The van der Waals surface area contributed by atoms with Crippen LogP contribution in [0.1, 0.15) is 18.3 Å². The van der Waals surface area contributed by atoms with E-state index in [1.807, 2.05) is 31.2 Å². The maximum Gasteiger partial charge on any atom is 0.132 e. The zero-order valence-electron chi connectivity index (χ0n) is 11.0. The van der Waals surface area contributed by atoms with E-state index in [1.54, 1.807) is 11.7 Å². The molecule has 0 atom stereocenters. The molecule has 2 aromatic rings. The molecule has 1 aromatic heterocycles. The first kappa shape index (κ1) is 13.4. The van der Waals surface area contributed by atoms with Gasteiger partial charge < -0.3 is 14.6 Å². The average molecular weight is 263 g/mol. The van der Waals surface area contributed by atoms with Crippen molar-refractivity contribution in [1.29, 1.82) is 0 Å². The summed E-state index contributed by atoms with van der Waals surface area (Å²) in [5.74, 6) is 1.54. The lowest BCUT2D eigenvalue weighted by Crippen LogP contribution is -2.05. The number of aromatic nitrogens is 3. The highest BCUT2D eigenvalue weighted by molar-refractivity contribution is 5.31. The molecule has 0 amide bonds. The molecule has 0 fully saturated rings. The highest BCUT2D eigenvalue weighted by Gasteiger charge is 2.10. The number of aryl methyl sites for hydroxylation is 1. The first-order valence-electron chi connectivity index (χ1n) is 6.08. The predicted octanol–water partition coefficient (Wildman–Crippen LogP) is 1.29. The van der Waals surface area contributed by atoms with Crippen LogP contribution >= 0.6 is 0 Å². The van der Waals surface area contributed by atoms with Gasteiger partial charge in [0.2, 0.25) is 0 Å². The van der Waals surface area contributed by atoms with Gasteiger partial charge in [-0.05, 0) is 31.2 Å². The Morgan fingerprint density at radius 1 is 1.16 bits per heavy atom. The quantitative estimate of drug-likeness (QED) is 0.850. The second-order valence-corrected chi connectivity index (χ2v) is 3.96. The van der Waals surface area contributed by atoms with E-state index in [-0.39, 0.29) is 6.61 Å². The number of hydrogen-bond donors (Lipinski definition) is 1. The lowest BCUT2D eigenvalue weighted by atomic mass is 10.3. The summed E-state index contributed by atoms with van der Waals surface area (Å²) < 4.78 is 12.6. The van der Waals surface area contributed by atoms with E-state index < -0.39 is 0 Å². The van der Waals surface area contributed by atoms with Crippen LogP contribution in [0.5, 0.6) is 11.5 Å². The number of aliphatic hydroxyl groups excluding tert-OH is 1. The topological polar surface area (TPSA) is 69.4 Å². The summed E-state index contributed by atoms with van der Waals surface area (Å²) in [7, 11) is 1.77. The van der Waals surface area contributed by atoms with Crippen LogP contribution in [0.3, 0.4) is 0 Å². The van der Waals surface area contributed by atoms with Crippen LogP contribution < -0.4 is 9.47 Å². The molecule has 0 bridgehead atoms. The van der Waals surface area contributed by atoms with E-state index in [0.29, 0.717) is 18.9 Å². The normalized spacial score (nSPS) is 10.5. The summed E-state index contributed by atoms with van der Waals surface area (Å²) in [4.78, 5) is 0. The van der Waals surface area contributed by atoms with Crippen LogP contribution in [-0.4, -0.2) is 26.7 Å². The van der Waals surface area contributed by atoms with Crippen LogP contribution in [-0.2, 0) is 20.3 Å². The molecule has 6 nitrogen and oxygen atoms in total. The molecule has 0 spiro atoms. The number of nitrogens with zero attached hydrogens (tertiary/aromatic N) is 3. The van der Waals surface area contributed by atoms with Crippen molar-refractivity contribution in [3.63, 3.8) is 0 Å². The third-order valence-corrected chi connectivity index (χ3v) is 2.68. The van der Waals surface area contributed by atoms with Gasteiger partial charge in [0.15, 0.2) is 0 Å². The summed E-state index contributed by atoms with van der Waals surface area (Å²) >= 11 is 0. The zero-order chi connectivity index (χ0) is 13.7. The predicted molar refractivity (Wildman–Crippen MR) is 68.9 cm³/mol. The molecule has 6 heteroatoms. The van der Waals surface area contributed by atoms with E-state index in [0.717, 1.165) is 17.2 Å². The summed E-state index contributed by atoms with van der Waals surface area (Å²) in [6.07, 6.45) is 0. The van der Waals surface area contributed by atoms with Gasteiger partial charge in [0.25, 0.3) is 0 Å². The lowest BCUT2D eigenvalue weighted by molar-refractivity contribution is 0.262. The minimum atomic E-state index is -0.143. The number of benzene rings is 1. The summed E-state index contributed by atoms with van der Waals surface area (Å²) in [6, 6.07) is 7.39. The molecule has 0 aliphatic carbocycles. The Balaban J connectivity index is 2.00. The van der Waals surface area contributed by atoms with Crippen molar-refractivity contribution in [3.8, 4) is 11.5 Å². The number of aliphatic hydroxyl groups is 1. The van der Waals surface area contributed by atoms with Crippen LogP contribution in [0.15, 0.2) is 24.3 Å². The maximum atomic E-state index is 9.14. The molecule has 0 saturated heterocycles. The van der Waals surface area contributed by atoms with Crippen LogP contribution in [0, 0.1) is 0 Å². The van der Waals surface area contributed by atoms with E-state index in [1.165, 1.54) is 0 Å². The Morgan fingerprint density at radius 2 is 1.79 bits per heavy atom. The molecular formula is C13H17N3O3. The van der Waals surface area contributed by atoms with Crippen LogP contribution in [0.2, 0.25) is 0 Å². The number of hydrogen-bond acceptors (Lipinski definition) is 5. The molecule has 19 heavy (non-hydrogen) atoms. The van der Waals surface area contributed by atoms with Crippen molar-refractivity contribution >= 4 is 0 Å². The Morgan fingerprint density at radius 3 is 2.37 bits per heavy atom. The minimum absolute atomic E-state index is 0.143. The van der Waals surface area contributed by atoms with Gasteiger partial charge in [0.05, 0.1) is 13.2 Å². The second kappa shape index (κ2) is 6.19. The monoisotopic (exact) mass is 263 g/mol. The summed E-state index contributed by atoms with van der Waals surface area (Å²) in [5.41, 5.74) is 1.30. The molecule has 1 aromatic carbocycles. The fourth-order valence-electron chi connectivity index (χ4n) is 1.67. The first-order chi connectivity index (χ1) is 9.24. The standard InChI is InChI=1S/C13H17N3O3/c1-3-18-10-4-6-11(7-5-10)19-9-13-12(8-17)14-15-16(13)2/h4-7,17H,3,8-9H2,1-2H3. The molecule has 0 saturated carbocycles. The van der Waals surface area contributed by atoms with Crippen molar-refractivity contribution < 1.29 is 14.6 Å². The van der Waals surface area contributed by atoms with E-state index in [2.05, 4.69) is 10.3 Å². The second-order valence-electron chi connectivity index (χ2n) is 3.96. The molecule has 1 heterocycles. The molecular weight excluding hydrogens is 246 g/mol. The van der Waals surface area contributed by atoms with E-state index >= 15 is 0 Å². The number of rotatable bonds is 6. The van der Waals surface area contributed by atoms with Crippen molar-refractivity contribution in [2.75, 3.05) is 6.61 Å².